The summed E-state index contributed by atoms with van der Waals surface area (Å²) in [6.07, 6.45) is 2.87. The Morgan fingerprint density at radius 1 is 1.26 bits per heavy atom. The van der Waals surface area contributed by atoms with Crippen molar-refractivity contribution in [3.8, 4) is 0 Å². The lowest BCUT2D eigenvalue weighted by Crippen LogP contribution is -2.51. The van der Waals surface area contributed by atoms with Crippen molar-refractivity contribution in [1.82, 2.24) is 10.2 Å². The van der Waals surface area contributed by atoms with Crippen LogP contribution < -0.4 is 5.32 Å². The zero-order valence-electron chi connectivity index (χ0n) is 11.1. The van der Waals surface area contributed by atoms with E-state index in [-0.39, 0.29) is 0 Å². The van der Waals surface area contributed by atoms with Gasteiger partial charge in [-0.2, -0.15) is 0 Å². The first kappa shape index (κ1) is 11.9. The number of hydrogen-bond acceptors (Lipinski definition) is 3. The molecule has 19 heavy (non-hydrogen) atoms. The monoisotopic (exact) mass is 272 g/mol. The van der Waals surface area contributed by atoms with E-state index < -0.39 is 0 Å². The summed E-state index contributed by atoms with van der Waals surface area (Å²) >= 11 is 1.88. The fourth-order valence-electron chi connectivity index (χ4n) is 3.20. The fraction of sp³-hybridized carbons (Fsp3) is 0.500. The van der Waals surface area contributed by atoms with Gasteiger partial charge in [0.05, 0.1) is 0 Å². The summed E-state index contributed by atoms with van der Waals surface area (Å²) in [7, 11) is 0. The Bertz CT molecular complexity index is 573. The molecule has 1 aromatic carbocycles. The topological polar surface area (TPSA) is 15.3 Å². The second kappa shape index (κ2) is 4.89. The molecular weight excluding hydrogens is 252 g/mol. The molecule has 1 aliphatic carbocycles. The van der Waals surface area contributed by atoms with Gasteiger partial charge in [0.15, 0.2) is 0 Å². The van der Waals surface area contributed by atoms with Gasteiger partial charge in [-0.1, -0.05) is 18.2 Å². The molecule has 2 aliphatic rings. The standard InChI is InChI=1S/C16H20N2S/c1-2-4-16-14(3-1)13(11-19-16)9-18-8-7-17-15(10-18)12-5-6-12/h1-4,11-12,15,17H,5-10H2. The smallest absolute Gasteiger partial charge is 0.0346 e. The molecule has 2 fully saturated rings. The third-order valence-corrected chi connectivity index (χ3v) is 5.45. The van der Waals surface area contributed by atoms with Gasteiger partial charge >= 0.3 is 0 Å². The second-order valence-electron chi connectivity index (χ2n) is 5.89. The molecule has 1 aliphatic heterocycles. The number of thiophene rings is 1. The maximum atomic E-state index is 3.69. The molecule has 1 saturated carbocycles. The molecule has 1 aromatic heterocycles. The number of rotatable bonds is 3. The lowest BCUT2D eigenvalue weighted by molar-refractivity contribution is 0.182. The van der Waals surface area contributed by atoms with Crippen LogP contribution in [-0.2, 0) is 6.54 Å². The number of fused-ring (bicyclic) bond motifs is 1. The van der Waals surface area contributed by atoms with E-state index in [9.17, 15) is 0 Å². The molecule has 4 rings (SSSR count). The summed E-state index contributed by atoms with van der Waals surface area (Å²) in [6.45, 7) is 4.69. The summed E-state index contributed by atoms with van der Waals surface area (Å²) in [6, 6.07) is 9.54. The van der Waals surface area contributed by atoms with Crippen molar-refractivity contribution in [2.75, 3.05) is 19.6 Å². The summed E-state index contributed by atoms with van der Waals surface area (Å²) in [5, 5.41) is 7.49. The molecule has 0 bridgehead atoms. The van der Waals surface area contributed by atoms with Crippen molar-refractivity contribution in [1.29, 1.82) is 0 Å². The van der Waals surface area contributed by atoms with Crippen molar-refractivity contribution in [3.05, 3.63) is 35.2 Å². The highest BCUT2D eigenvalue weighted by Gasteiger charge is 2.33. The SMILES string of the molecule is c1ccc2c(CN3CCNC(C4CC4)C3)csc2c1. The Hall–Kier alpha value is -0.900. The first-order chi connectivity index (χ1) is 9.40. The third-order valence-electron chi connectivity index (χ3n) is 4.44. The molecule has 1 unspecified atom stereocenters. The van der Waals surface area contributed by atoms with E-state index in [0.717, 1.165) is 25.0 Å². The summed E-state index contributed by atoms with van der Waals surface area (Å²) < 4.78 is 1.42. The molecule has 0 amide bonds. The summed E-state index contributed by atoms with van der Waals surface area (Å²) in [4.78, 5) is 2.63. The van der Waals surface area contributed by atoms with Crippen LogP contribution in [0.1, 0.15) is 18.4 Å². The van der Waals surface area contributed by atoms with Crippen LogP contribution in [0.5, 0.6) is 0 Å². The Labute approximate surface area is 118 Å². The second-order valence-corrected chi connectivity index (χ2v) is 6.80. The zero-order valence-corrected chi connectivity index (χ0v) is 12.0. The van der Waals surface area contributed by atoms with E-state index in [1.165, 1.54) is 41.6 Å². The fourth-order valence-corrected chi connectivity index (χ4v) is 4.15. The van der Waals surface area contributed by atoms with Gasteiger partial charge in [-0.25, -0.2) is 0 Å². The first-order valence-electron chi connectivity index (χ1n) is 7.31. The molecule has 2 aromatic rings. The van der Waals surface area contributed by atoms with Crippen LogP contribution in [0.15, 0.2) is 29.6 Å². The number of nitrogens with zero attached hydrogens (tertiary/aromatic N) is 1. The molecule has 0 radical (unpaired) electrons. The number of benzene rings is 1. The maximum absolute atomic E-state index is 3.69. The molecule has 0 spiro atoms. The predicted molar refractivity (Wildman–Crippen MR) is 81.6 cm³/mol. The van der Waals surface area contributed by atoms with E-state index in [0.29, 0.717) is 0 Å². The van der Waals surface area contributed by atoms with Crippen molar-refractivity contribution >= 4 is 21.4 Å². The van der Waals surface area contributed by atoms with Crippen LogP contribution in [0.4, 0.5) is 0 Å². The molecule has 2 heterocycles. The molecule has 100 valence electrons. The Morgan fingerprint density at radius 2 is 2.16 bits per heavy atom. The normalized spacial score (nSPS) is 24.9. The average Bonchev–Trinajstić information content (AvgIpc) is 3.23. The van der Waals surface area contributed by atoms with Crippen molar-refractivity contribution in [3.63, 3.8) is 0 Å². The average molecular weight is 272 g/mol. The van der Waals surface area contributed by atoms with E-state index in [1.807, 2.05) is 11.3 Å². The van der Waals surface area contributed by atoms with Crippen LogP contribution >= 0.6 is 11.3 Å². The summed E-state index contributed by atoms with van der Waals surface area (Å²) in [5.74, 6) is 0.960. The van der Waals surface area contributed by atoms with Gasteiger partial charge < -0.3 is 5.32 Å². The van der Waals surface area contributed by atoms with E-state index in [1.54, 1.807) is 0 Å². The van der Waals surface area contributed by atoms with Gasteiger partial charge in [-0.05, 0) is 41.2 Å². The minimum atomic E-state index is 0.749. The maximum Gasteiger partial charge on any atom is 0.0346 e. The number of hydrogen-bond donors (Lipinski definition) is 1. The van der Waals surface area contributed by atoms with E-state index in [4.69, 9.17) is 0 Å². The van der Waals surface area contributed by atoms with Gasteiger partial charge in [0, 0.05) is 36.9 Å². The van der Waals surface area contributed by atoms with Crippen molar-refractivity contribution < 1.29 is 0 Å². The van der Waals surface area contributed by atoms with Crippen LogP contribution in [0.2, 0.25) is 0 Å². The van der Waals surface area contributed by atoms with Gasteiger partial charge in [0.25, 0.3) is 0 Å². The van der Waals surface area contributed by atoms with Crippen LogP contribution in [0.3, 0.4) is 0 Å². The van der Waals surface area contributed by atoms with Gasteiger partial charge in [0.2, 0.25) is 0 Å². The highest BCUT2D eigenvalue weighted by atomic mass is 32.1. The van der Waals surface area contributed by atoms with Gasteiger partial charge in [-0.3, -0.25) is 4.90 Å². The molecule has 1 N–H and O–H groups in total. The van der Waals surface area contributed by atoms with E-state index >= 15 is 0 Å². The lowest BCUT2D eigenvalue weighted by atomic mass is 10.1. The number of piperazine rings is 1. The third kappa shape index (κ3) is 2.42. The van der Waals surface area contributed by atoms with Gasteiger partial charge in [-0.15, -0.1) is 11.3 Å². The largest absolute Gasteiger partial charge is 0.311 e. The molecule has 2 nitrogen and oxygen atoms in total. The highest BCUT2D eigenvalue weighted by molar-refractivity contribution is 7.17. The van der Waals surface area contributed by atoms with Crippen LogP contribution in [0.25, 0.3) is 10.1 Å². The van der Waals surface area contributed by atoms with Gasteiger partial charge in [0.1, 0.15) is 0 Å². The number of nitrogens with one attached hydrogen (secondary N) is 1. The van der Waals surface area contributed by atoms with E-state index in [2.05, 4.69) is 39.9 Å². The predicted octanol–water partition coefficient (Wildman–Crippen LogP) is 3.09. The minimum absolute atomic E-state index is 0.749. The zero-order chi connectivity index (χ0) is 12.7. The molecule has 1 saturated heterocycles. The quantitative estimate of drug-likeness (QED) is 0.923. The Kier molecular flexibility index (Phi) is 3.06. The lowest BCUT2D eigenvalue weighted by Gasteiger charge is -2.33. The Balaban J connectivity index is 1.50. The van der Waals surface area contributed by atoms with Crippen LogP contribution in [0, 0.1) is 5.92 Å². The van der Waals surface area contributed by atoms with Crippen LogP contribution in [-0.4, -0.2) is 30.6 Å². The van der Waals surface area contributed by atoms with Crippen molar-refractivity contribution in [2.45, 2.75) is 25.4 Å². The summed E-state index contributed by atoms with van der Waals surface area (Å²) in [5.41, 5.74) is 1.51. The first-order valence-corrected chi connectivity index (χ1v) is 8.19. The molecular formula is C16H20N2S. The highest BCUT2D eigenvalue weighted by Crippen LogP contribution is 2.34. The minimum Gasteiger partial charge on any atom is -0.311 e. The molecule has 3 heteroatoms. The van der Waals surface area contributed by atoms with Crippen molar-refractivity contribution in [2.24, 2.45) is 5.92 Å². The Morgan fingerprint density at radius 3 is 3.05 bits per heavy atom. The molecule has 1 atom stereocenters.